The van der Waals surface area contributed by atoms with E-state index < -0.39 is 0 Å². The minimum absolute atomic E-state index is 0.0961. The third-order valence-corrected chi connectivity index (χ3v) is 7.97. The molecule has 1 aliphatic carbocycles. The Kier molecular flexibility index (Phi) is 5.12. The number of aryl methyl sites for hydroxylation is 1. The van der Waals surface area contributed by atoms with Gasteiger partial charge in [-0.3, -0.25) is 14.5 Å². The lowest BCUT2D eigenvalue weighted by Crippen LogP contribution is -2.34. The number of imide groups is 1. The van der Waals surface area contributed by atoms with E-state index >= 15 is 0 Å². The smallest absolute Gasteiger partial charge is 0.237 e. The van der Waals surface area contributed by atoms with Gasteiger partial charge in [0.1, 0.15) is 11.5 Å². The summed E-state index contributed by atoms with van der Waals surface area (Å²) in [4.78, 5) is 27.5. The lowest BCUT2D eigenvalue weighted by molar-refractivity contribution is -0.122. The van der Waals surface area contributed by atoms with Crippen LogP contribution in [0.25, 0.3) is 0 Å². The van der Waals surface area contributed by atoms with Crippen molar-refractivity contribution in [1.82, 2.24) is 0 Å². The number of rotatable bonds is 3. The summed E-state index contributed by atoms with van der Waals surface area (Å²) in [7, 11) is 0. The van der Waals surface area contributed by atoms with Gasteiger partial charge in [-0.15, -0.1) is 0 Å². The van der Waals surface area contributed by atoms with Crippen LogP contribution in [0.1, 0.15) is 18.4 Å². The molecule has 4 rings (SSSR count). The van der Waals surface area contributed by atoms with Crippen molar-refractivity contribution in [3.8, 4) is 11.5 Å². The maximum Gasteiger partial charge on any atom is 0.237 e. The van der Waals surface area contributed by atoms with Crippen LogP contribution >= 0.6 is 31.9 Å². The monoisotopic (exact) mass is 491 g/mol. The summed E-state index contributed by atoms with van der Waals surface area (Å²) in [6.45, 7) is 2.01. The van der Waals surface area contributed by atoms with Gasteiger partial charge in [0.15, 0.2) is 0 Å². The van der Waals surface area contributed by atoms with Crippen LogP contribution in [-0.2, 0) is 9.59 Å². The van der Waals surface area contributed by atoms with E-state index in [1.165, 1.54) is 4.90 Å². The summed E-state index contributed by atoms with van der Waals surface area (Å²) in [6.07, 6.45) is 1.35. The minimum atomic E-state index is -0.237. The van der Waals surface area contributed by atoms with E-state index in [1.54, 1.807) is 24.3 Å². The number of amides is 2. The van der Waals surface area contributed by atoms with Crippen molar-refractivity contribution >= 4 is 49.4 Å². The lowest BCUT2D eigenvalue weighted by atomic mass is 9.81. The SMILES string of the molecule is Cc1cccc(Oc2ccc(N3C(=O)[C@H]4C[C@@H](Br)[C@@H](Br)C[C@H]4C3=O)cc2)c1. The van der Waals surface area contributed by atoms with Gasteiger partial charge in [0.05, 0.1) is 17.5 Å². The van der Waals surface area contributed by atoms with E-state index in [1.807, 2.05) is 31.2 Å². The molecule has 0 aromatic heterocycles. The molecular formula is C21H19Br2NO3. The third-order valence-electron chi connectivity index (χ3n) is 5.23. The van der Waals surface area contributed by atoms with Crippen molar-refractivity contribution in [1.29, 1.82) is 0 Å². The van der Waals surface area contributed by atoms with Gasteiger partial charge in [0.2, 0.25) is 11.8 Å². The predicted octanol–water partition coefficient (Wildman–Crippen LogP) is 5.21. The number of halogens is 2. The second-order valence-corrected chi connectivity index (χ2v) is 9.49. The van der Waals surface area contributed by atoms with E-state index in [4.69, 9.17) is 4.74 Å². The number of hydrogen-bond donors (Lipinski definition) is 0. The molecule has 4 nitrogen and oxygen atoms in total. The molecule has 2 amide bonds. The number of carbonyl (C=O) groups is 2. The Labute approximate surface area is 175 Å². The minimum Gasteiger partial charge on any atom is -0.457 e. The molecule has 140 valence electrons. The van der Waals surface area contributed by atoms with Crippen LogP contribution in [0.5, 0.6) is 11.5 Å². The molecular weight excluding hydrogens is 474 g/mol. The molecule has 2 fully saturated rings. The summed E-state index contributed by atoms with van der Waals surface area (Å²) in [6, 6.07) is 14.9. The first kappa shape index (κ1) is 18.7. The molecule has 1 saturated heterocycles. The van der Waals surface area contributed by atoms with Crippen LogP contribution in [0, 0.1) is 18.8 Å². The molecule has 4 atom stereocenters. The summed E-state index contributed by atoms with van der Waals surface area (Å²) in [5.74, 6) is 0.760. The molecule has 1 aliphatic heterocycles. The molecule has 0 radical (unpaired) electrons. The molecule has 0 spiro atoms. The highest BCUT2D eigenvalue weighted by Gasteiger charge is 2.52. The molecule has 2 aromatic carbocycles. The Bertz CT molecular complexity index is 855. The van der Waals surface area contributed by atoms with E-state index in [0.29, 0.717) is 24.3 Å². The van der Waals surface area contributed by atoms with E-state index in [0.717, 1.165) is 11.3 Å². The van der Waals surface area contributed by atoms with Gasteiger partial charge in [-0.25, -0.2) is 0 Å². The molecule has 27 heavy (non-hydrogen) atoms. The number of anilines is 1. The fourth-order valence-corrected chi connectivity index (χ4v) is 5.06. The van der Waals surface area contributed by atoms with Crippen molar-refractivity contribution in [3.63, 3.8) is 0 Å². The fraction of sp³-hybridized carbons (Fsp3) is 0.333. The first-order chi connectivity index (χ1) is 12.9. The zero-order valence-corrected chi connectivity index (χ0v) is 17.9. The van der Waals surface area contributed by atoms with Crippen molar-refractivity contribution in [2.24, 2.45) is 11.8 Å². The molecule has 0 bridgehead atoms. The summed E-state index contributed by atoms with van der Waals surface area (Å²) < 4.78 is 5.85. The van der Waals surface area contributed by atoms with Crippen LogP contribution < -0.4 is 9.64 Å². The largest absolute Gasteiger partial charge is 0.457 e. The number of carbonyl (C=O) groups excluding carboxylic acids is 2. The lowest BCUT2D eigenvalue weighted by Gasteiger charge is -2.29. The van der Waals surface area contributed by atoms with Gasteiger partial charge in [-0.05, 0) is 61.7 Å². The fourth-order valence-electron chi connectivity index (χ4n) is 3.83. The molecule has 2 aromatic rings. The molecule has 1 saturated carbocycles. The van der Waals surface area contributed by atoms with E-state index in [-0.39, 0.29) is 33.3 Å². The van der Waals surface area contributed by atoms with Gasteiger partial charge in [0, 0.05) is 9.65 Å². The number of benzene rings is 2. The van der Waals surface area contributed by atoms with E-state index in [9.17, 15) is 9.59 Å². The number of fused-ring (bicyclic) bond motifs is 1. The van der Waals surface area contributed by atoms with E-state index in [2.05, 4.69) is 31.9 Å². The topological polar surface area (TPSA) is 46.6 Å². The standard InChI is InChI=1S/C21H19Br2NO3/c1-12-3-2-4-15(9-12)27-14-7-5-13(6-8-14)24-20(25)16-10-18(22)19(23)11-17(16)21(24)26/h2-9,16-19H,10-11H2,1H3/t16-,17+,18+,19-. The van der Waals surface area contributed by atoms with Crippen molar-refractivity contribution in [3.05, 3.63) is 54.1 Å². The van der Waals surface area contributed by atoms with Crippen molar-refractivity contribution in [2.75, 3.05) is 4.90 Å². The quantitative estimate of drug-likeness (QED) is 0.436. The highest BCUT2D eigenvalue weighted by atomic mass is 79.9. The molecule has 0 unspecified atom stereocenters. The zero-order valence-electron chi connectivity index (χ0n) is 14.8. The predicted molar refractivity (Wildman–Crippen MR) is 112 cm³/mol. The summed E-state index contributed by atoms with van der Waals surface area (Å²) >= 11 is 7.23. The number of hydrogen-bond acceptors (Lipinski definition) is 3. The second kappa shape index (κ2) is 7.40. The van der Waals surface area contributed by atoms with Gasteiger partial charge in [-0.1, -0.05) is 44.0 Å². The zero-order chi connectivity index (χ0) is 19.1. The van der Waals surface area contributed by atoms with Gasteiger partial charge in [0.25, 0.3) is 0 Å². The summed E-state index contributed by atoms with van der Waals surface area (Å²) in [5, 5.41) is 0. The number of nitrogens with zero attached hydrogens (tertiary/aromatic N) is 1. The van der Waals surface area contributed by atoms with Crippen LogP contribution in [0.3, 0.4) is 0 Å². The molecule has 1 heterocycles. The first-order valence-corrected chi connectivity index (χ1v) is 10.8. The van der Waals surface area contributed by atoms with Gasteiger partial charge >= 0.3 is 0 Å². The van der Waals surface area contributed by atoms with Crippen molar-refractivity contribution < 1.29 is 14.3 Å². The molecule has 0 N–H and O–H groups in total. The van der Waals surface area contributed by atoms with Crippen molar-refractivity contribution in [2.45, 2.75) is 29.4 Å². The maximum absolute atomic E-state index is 12.9. The maximum atomic E-state index is 12.9. The normalized spacial score (nSPS) is 27.6. The Balaban J connectivity index is 1.53. The highest BCUT2D eigenvalue weighted by Crippen LogP contribution is 2.44. The average Bonchev–Trinajstić information content (AvgIpc) is 2.87. The summed E-state index contributed by atoms with van der Waals surface area (Å²) in [5.41, 5.74) is 1.73. The average molecular weight is 493 g/mol. The second-order valence-electron chi connectivity index (χ2n) is 7.14. The van der Waals surface area contributed by atoms with Crippen LogP contribution in [0.2, 0.25) is 0 Å². The van der Waals surface area contributed by atoms with Crippen LogP contribution in [-0.4, -0.2) is 21.5 Å². The Morgan fingerprint density at radius 1 is 0.889 bits per heavy atom. The third kappa shape index (κ3) is 3.57. The van der Waals surface area contributed by atoms with Gasteiger partial charge in [-0.2, -0.15) is 0 Å². The highest BCUT2D eigenvalue weighted by molar-refractivity contribution is 9.12. The Hall–Kier alpha value is -1.66. The Morgan fingerprint density at radius 3 is 2.04 bits per heavy atom. The number of ether oxygens (including phenoxy) is 1. The van der Waals surface area contributed by atoms with Crippen LogP contribution in [0.4, 0.5) is 5.69 Å². The van der Waals surface area contributed by atoms with Gasteiger partial charge < -0.3 is 4.74 Å². The Morgan fingerprint density at radius 2 is 1.48 bits per heavy atom. The molecule has 2 aliphatic rings. The number of alkyl halides is 2. The molecule has 6 heteroatoms. The van der Waals surface area contributed by atoms with Crippen LogP contribution in [0.15, 0.2) is 48.5 Å². The first-order valence-electron chi connectivity index (χ1n) is 8.94.